The molecule has 0 aliphatic heterocycles. The van der Waals surface area contributed by atoms with E-state index in [0.717, 1.165) is 5.56 Å². The lowest BCUT2D eigenvalue weighted by atomic mass is 10.2. The van der Waals surface area contributed by atoms with Gasteiger partial charge in [0.2, 0.25) is 0 Å². The third kappa shape index (κ3) is 1.35. The van der Waals surface area contributed by atoms with Crippen molar-refractivity contribution < 1.29 is 0 Å². The van der Waals surface area contributed by atoms with Crippen LogP contribution in [0.4, 0.5) is 5.69 Å². The van der Waals surface area contributed by atoms with Gasteiger partial charge in [0.05, 0.1) is 0 Å². The topological polar surface area (TPSA) is 29.4 Å². The van der Waals surface area contributed by atoms with E-state index in [9.17, 15) is 4.91 Å². The van der Waals surface area contributed by atoms with Crippen molar-refractivity contribution >= 4 is 5.69 Å². The van der Waals surface area contributed by atoms with Crippen molar-refractivity contribution in [3.8, 4) is 0 Å². The molecule has 0 fully saturated rings. The first kappa shape index (κ1) is 5.95. The number of aryl methyl sites for hydroxylation is 1. The molecule has 0 saturated carbocycles. The summed E-state index contributed by atoms with van der Waals surface area (Å²) in [5, 5.41) is 2.76. The average Bonchev–Trinajstić information content (AvgIpc) is 1.88. The molecule has 0 atom stereocenters. The van der Waals surface area contributed by atoms with Crippen LogP contribution in [0.5, 0.6) is 0 Å². The second kappa shape index (κ2) is 2.40. The van der Waals surface area contributed by atoms with Gasteiger partial charge in [-0.05, 0) is 35.9 Å². The van der Waals surface area contributed by atoms with Gasteiger partial charge < -0.3 is 0 Å². The fourth-order valence-electron chi connectivity index (χ4n) is 0.627. The zero-order chi connectivity index (χ0) is 6.69. The Morgan fingerprint density at radius 2 is 2.44 bits per heavy atom. The highest BCUT2D eigenvalue weighted by atomic mass is 16.3. The van der Waals surface area contributed by atoms with Gasteiger partial charge in [-0.1, -0.05) is 6.07 Å². The minimum absolute atomic E-state index is 0.464. The summed E-state index contributed by atoms with van der Waals surface area (Å²) in [6, 6.07) is 7.91. The van der Waals surface area contributed by atoms with Gasteiger partial charge in [-0.25, -0.2) is 0 Å². The zero-order valence-electron chi connectivity index (χ0n) is 5.09. The highest BCUT2D eigenvalue weighted by Gasteiger charge is 1.87. The number of benzene rings is 1. The van der Waals surface area contributed by atoms with Gasteiger partial charge in [-0.2, -0.15) is 0 Å². The Morgan fingerprint density at radius 1 is 1.67 bits per heavy atom. The van der Waals surface area contributed by atoms with Crippen LogP contribution in [0.1, 0.15) is 5.56 Å². The van der Waals surface area contributed by atoms with Crippen LogP contribution in [0.2, 0.25) is 0 Å². The summed E-state index contributed by atoms with van der Waals surface area (Å²) >= 11 is 0. The maximum atomic E-state index is 9.89. The standard InChI is InChI=1S/C7H6NO/c1-6-3-2-4-7(5-6)8-9/h2,4-5H,1H3. The maximum absolute atomic E-state index is 9.89. The first-order chi connectivity index (χ1) is 4.33. The summed E-state index contributed by atoms with van der Waals surface area (Å²) in [6.45, 7) is 1.87. The van der Waals surface area contributed by atoms with Crippen LogP contribution in [-0.2, 0) is 0 Å². The van der Waals surface area contributed by atoms with Crippen molar-refractivity contribution in [2.45, 2.75) is 6.92 Å². The van der Waals surface area contributed by atoms with Crippen molar-refractivity contribution in [3.63, 3.8) is 0 Å². The van der Waals surface area contributed by atoms with E-state index in [1.807, 2.05) is 6.92 Å². The largest absolute Gasteiger partial charge is 0.145 e. The monoisotopic (exact) mass is 120 g/mol. The van der Waals surface area contributed by atoms with E-state index in [2.05, 4.69) is 11.2 Å². The lowest BCUT2D eigenvalue weighted by molar-refractivity contribution is 1.41. The quantitative estimate of drug-likeness (QED) is 0.522. The van der Waals surface area contributed by atoms with Crippen LogP contribution in [0.3, 0.4) is 0 Å². The summed E-state index contributed by atoms with van der Waals surface area (Å²) in [5.41, 5.74) is 1.40. The molecule has 1 rings (SSSR count). The van der Waals surface area contributed by atoms with Gasteiger partial charge in [-0.3, -0.25) is 0 Å². The molecule has 45 valence electrons. The number of nitroso groups, excluding NO2 is 1. The summed E-state index contributed by atoms with van der Waals surface area (Å²) in [6.07, 6.45) is 0. The first-order valence-electron chi connectivity index (χ1n) is 2.64. The van der Waals surface area contributed by atoms with E-state index in [1.54, 1.807) is 18.2 Å². The van der Waals surface area contributed by atoms with Crippen molar-refractivity contribution in [2.24, 2.45) is 5.18 Å². The molecule has 2 nitrogen and oxygen atoms in total. The Bertz CT molecular complexity index is 220. The zero-order valence-corrected chi connectivity index (χ0v) is 5.09. The Balaban J connectivity index is 3.07. The van der Waals surface area contributed by atoms with Crippen LogP contribution in [-0.4, -0.2) is 0 Å². The predicted octanol–water partition coefficient (Wildman–Crippen LogP) is 2.19. The smallest absolute Gasteiger partial charge is 0.108 e. The second-order valence-electron chi connectivity index (χ2n) is 1.82. The molecule has 0 heterocycles. The Labute approximate surface area is 53.5 Å². The molecule has 2 heteroatoms. The van der Waals surface area contributed by atoms with Crippen molar-refractivity contribution in [3.05, 3.63) is 34.7 Å². The molecular formula is C7H6NO. The molecule has 9 heavy (non-hydrogen) atoms. The number of nitrogens with zero attached hydrogens (tertiary/aromatic N) is 1. The number of hydrogen-bond acceptors (Lipinski definition) is 2. The van der Waals surface area contributed by atoms with E-state index in [-0.39, 0.29) is 0 Å². The molecule has 0 N–H and O–H groups in total. The van der Waals surface area contributed by atoms with E-state index >= 15 is 0 Å². The van der Waals surface area contributed by atoms with Gasteiger partial charge >= 0.3 is 0 Å². The van der Waals surface area contributed by atoms with Crippen molar-refractivity contribution in [1.29, 1.82) is 0 Å². The molecule has 0 spiro atoms. The van der Waals surface area contributed by atoms with Crippen molar-refractivity contribution in [1.82, 2.24) is 0 Å². The average molecular weight is 120 g/mol. The maximum Gasteiger partial charge on any atom is 0.108 e. The molecule has 0 aliphatic rings. The molecule has 0 amide bonds. The molecule has 0 aliphatic carbocycles. The van der Waals surface area contributed by atoms with Crippen molar-refractivity contribution in [2.75, 3.05) is 0 Å². The van der Waals surface area contributed by atoms with E-state index < -0.39 is 0 Å². The third-order valence-electron chi connectivity index (χ3n) is 1.03. The van der Waals surface area contributed by atoms with Crippen LogP contribution in [0.15, 0.2) is 23.4 Å². The van der Waals surface area contributed by atoms with E-state index in [0.29, 0.717) is 5.69 Å². The lowest BCUT2D eigenvalue weighted by Crippen LogP contribution is -1.67. The first-order valence-corrected chi connectivity index (χ1v) is 2.64. The minimum atomic E-state index is 0.464. The Kier molecular flexibility index (Phi) is 1.58. The van der Waals surface area contributed by atoms with Gasteiger partial charge in [0.25, 0.3) is 0 Å². The van der Waals surface area contributed by atoms with E-state index in [1.165, 1.54) is 0 Å². The predicted molar refractivity (Wildman–Crippen MR) is 35.5 cm³/mol. The third-order valence-corrected chi connectivity index (χ3v) is 1.03. The fraction of sp³-hybridized carbons (Fsp3) is 0.143. The Hall–Kier alpha value is -1.18. The summed E-state index contributed by atoms with van der Waals surface area (Å²) in [7, 11) is 0. The molecule has 0 bridgehead atoms. The van der Waals surface area contributed by atoms with Crippen LogP contribution in [0.25, 0.3) is 0 Å². The van der Waals surface area contributed by atoms with Gasteiger partial charge in [0.1, 0.15) is 5.69 Å². The highest BCUT2D eigenvalue weighted by Crippen LogP contribution is 2.11. The normalized spacial score (nSPS) is 9.00. The van der Waals surface area contributed by atoms with Gasteiger partial charge in [0, 0.05) is 0 Å². The molecular weight excluding hydrogens is 114 g/mol. The number of hydrogen-bond donors (Lipinski definition) is 0. The summed E-state index contributed by atoms with van der Waals surface area (Å²) in [5.74, 6) is 0. The molecule has 0 aromatic heterocycles. The molecule has 1 aromatic rings. The van der Waals surface area contributed by atoms with Crippen LogP contribution >= 0.6 is 0 Å². The van der Waals surface area contributed by atoms with Crippen LogP contribution < -0.4 is 0 Å². The molecule has 0 saturated heterocycles. The molecule has 1 radical (unpaired) electrons. The van der Waals surface area contributed by atoms with E-state index in [4.69, 9.17) is 0 Å². The van der Waals surface area contributed by atoms with Gasteiger partial charge in [-0.15, -0.1) is 4.91 Å². The van der Waals surface area contributed by atoms with Crippen LogP contribution in [0, 0.1) is 17.9 Å². The molecule has 1 aromatic carbocycles. The fourth-order valence-corrected chi connectivity index (χ4v) is 0.627. The molecule has 0 unspecified atom stereocenters. The van der Waals surface area contributed by atoms with Gasteiger partial charge in [0.15, 0.2) is 0 Å². The Morgan fingerprint density at radius 3 is 2.89 bits per heavy atom. The SMILES string of the molecule is Cc1[c]ccc(N=O)c1. The lowest BCUT2D eigenvalue weighted by Gasteiger charge is -1.88. The summed E-state index contributed by atoms with van der Waals surface area (Å²) < 4.78 is 0. The number of rotatable bonds is 1. The summed E-state index contributed by atoms with van der Waals surface area (Å²) in [4.78, 5) is 9.89. The highest BCUT2D eigenvalue weighted by molar-refractivity contribution is 5.38. The minimum Gasteiger partial charge on any atom is -0.145 e. The second-order valence-corrected chi connectivity index (χ2v) is 1.82.